The molecule has 0 saturated carbocycles. The van der Waals surface area contributed by atoms with Crippen LogP contribution in [0, 0.1) is 0 Å². The fraction of sp³-hybridized carbons (Fsp3) is 0.409. The second kappa shape index (κ2) is 9.42. The van der Waals surface area contributed by atoms with E-state index in [-0.39, 0.29) is 18.1 Å². The third-order valence-electron chi connectivity index (χ3n) is 4.36. The maximum absolute atomic E-state index is 12.5. The van der Waals surface area contributed by atoms with Crippen molar-refractivity contribution in [3.05, 3.63) is 59.7 Å². The Kier molecular flexibility index (Phi) is 7.25. The lowest BCUT2D eigenvalue weighted by Gasteiger charge is -2.26. The van der Waals surface area contributed by atoms with Crippen molar-refractivity contribution >= 4 is 11.6 Å². The highest BCUT2D eigenvalue weighted by Crippen LogP contribution is 2.21. The van der Waals surface area contributed by atoms with Crippen LogP contribution in [0.3, 0.4) is 0 Å². The Hall–Kier alpha value is -2.53. The molecule has 1 atom stereocenters. The smallest absolute Gasteiger partial charge is 0.251 e. The van der Waals surface area contributed by atoms with Crippen molar-refractivity contribution in [1.82, 2.24) is 10.2 Å². The van der Waals surface area contributed by atoms with E-state index in [1.54, 1.807) is 12.1 Å². The van der Waals surface area contributed by atoms with Crippen LogP contribution >= 0.6 is 0 Å². The molecule has 2 rings (SSSR count). The number of carbonyl (C=O) groups is 1. The number of hydrogen-bond donors (Lipinski definition) is 1. The molecule has 0 aliphatic heterocycles. The van der Waals surface area contributed by atoms with E-state index < -0.39 is 0 Å². The highest BCUT2D eigenvalue weighted by molar-refractivity contribution is 5.94. The van der Waals surface area contributed by atoms with Gasteiger partial charge in [-0.05, 0) is 69.9 Å². The van der Waals surface area contributed by atoms with Crippen LogP contribution in [0.4, 0.5) is 5.69 Å². The molecule has 0 aliphatic rings. The topological polar surface area (TPSA) is 44.8 Å². The first-order chi connectivity index (χ1) is 12.8. The van der Waals surface area contributed by atoms with Crippen molar-refractivity contribution in [2.24, 2.45) is 0 Å². The number of rotatable bonds is 8. The predicted octanol–water partition coefficient (Wildman–Crippen LogP) is 3.57. The molecule has 0 aromatic heterocycles. The molecule has 0 heterocycles. The normalized spacial score (nSPS) is 12.1. The summed E-state index contributed by atoms with van der Waals surface area (Å²) in [6.45, 7) is 4.50. The predicted molar refractivity (Wildman–Crippen MR) is 112 cm³/mol. The minimum absolute atomic E-state index is 0.0807. The fourth-order valence-electron chi connectivity index (χ4n) is 2.84. The standard InChI is InChI=1S/C22H31N3O2/c1-16(2)27-20-13-9-18(10-14-20)22(26)23-15-21(25(5)6)17-7-11-19(12-8-17)24(3)4/h7-14,16,21H,15H2,1-6H3,(H,23,26)/t21-/m1/s1. The number of amides is 1. The second-order valence-electron chi connectivity index (χ2n) is 7.37. The van der Waals surface area contributed by atoms with Crippen molar-refractivity contribution in [3.8, 4) is 5.75 Å². The van der Waals surface area contributed by atoms with E-state index >= 15 is 0 Å². The van der Waals surface area contributed by atoms with Gasteiger partial charge in [-0.1, -0.05) is 12.1 Å². The lowest BCUT2D eigenvalue weighted by Crippen LogP contribution is -2.34. The SMILES string of the molecule is CC(C)Oc1ccc(C(=O)NC[C@H](c2ccc(N(C)C)cc2)N(C)C)cc1. The Morgan fingerprint density at radius 1 is 0.963 bits per heavy atom. The molecular weight excluding hydrogens is 338 g/mol. The average Bonchev–Trinajstić information content (AvgIpc) is 2.62. The molecule has 5 heteroatoms. The van der Waals surface area contributed by atoms with Gasteiger partial charge in [-0.2, -0.15) is 0 Å². The van der Waals surface area contributed by atoms with E-state index in [9.17, 15) is 4.79 Å². The second-order valence-corrected chi connectivity index (χ2v) is 7.37. The van der Waals surface area contributed by atoms with E-state index in [0.29, 0.717) is 12.1 Å². The summed E-state index contributed by atoms with van der Waals surface area (Å²) in [7, 11) is 8.09. The van der Waals surface area contributed by atoms with Crippen LogP contribution < -0.4 is 15.0 Å². The van der Waals surface area contributed by atoms with Gasteiger partial charge in [0.1, 0.15) is 5.75 Å². The van der Waals surface area contributed by atoms with Crippen LogP contribution in [0.5, 0.6) is 5.75 Å². The van der Waals surface area contributed by atoms with Crippen LogP contribution in [0.2, 0.25) is 0 Å². The molecule has 0 fully saturated rings. The number of carbonyl (C=O) groups excluding carboxylic acids is 1. The maximum Gasteiger partial charge on any atom is 0.251 e. The van der Waals surface area contributed by atoms with Gasteiger partial charge in [-0.3, -0.25) is 4.79 Å². The first kappa shape index (κ1) is 20.8. The Bertz CT molecular complexity index is 722. The Morgan fingerprint density at radius 3 is 2.04 bits per heavy atom. The summed E-state index contributed by atoms with van der Waals surface area (Å²) >= 11 is 0. The summed E-state index contributed by atoms with van der Waals surface area (Å²) in [6.07, 6.45) is 0.115. The monoisotopic (exact) mass is 369 g/mol. The largest absolute Gasteiger partial charge is 0.491 e. The van der Waals surface area contributed by atoms with Crippen molar-refractivity contribution in [2.75, 3.05) is 39.6 Å². The van der Waals surface area contributed by atoms with Crippen molar-refractivity contribution < 1.29 is 9.53 Å². The first-order valence-corrected chi connectivity index (χ1v) is 9.26. The van der Waals surface area contributed by atoms with Gasteiger partial charge >= 0.3 is 0 Å². The van der Waals surface area contributed by atoms with Crippen LogP contribution in [0.15, 0.2) is 48.5 Å². The Balaban J connectivity index is 2.01. The number of hydrogen-bond acceptors (Lipinski definition) is 4. The Morgan fingerprint density at radius 2 is 1.56 bits per heavy atom. The molecule has 0 aliphatic carbocycles. The van der Waals surface area contributed by atoms with Gasteiger partial charge in [0.2, 0.25) is 0 Å². The number of nitrogens with one attached hydrogen (secondary N) is 1. The third-order valence-corrected chi connectivity index (χ3v) is 4.36. The van der Waals surface area contributed by atoms with Crippen LogP contribution in [-0.4, -0.2) is 51.6 Å². The molecule has 27 heavy (non-hydrogen) atoms. The third kappa shape index (κ3) is 6.00. The molecular formula is C22H31N3O2. The maximum atomic E-state index is 12.5. The summed E-state index contributed by atoms with van der Waals surface area (Å²) in [5.41, 5.74) is 2.96. The summed E-state index contributed by atoms with van der Waals surface area (Å²) in [6, 6.07) is 15.8. The first-order valence-electron chi connectivity index (χ1n) is 9.26. The van der Waals surface area contributed by atoms with Gasteiger partial charge < -0.3 is 19.9 Å². The van der Waals surface area contributed by atoms with E-state index in [2.05, 4.69) is 39.4 Å². The number of ether oxygens (including phenoxy) is 1. The summed E-state index contributed by atoms with van der Waals surface area (Å²) < 4.78 is 5.62. The van der Waals surface area contributed by atoms with Crippen LogP contribution in [-0.2, 0) is 0 Å². The van der Waals surface area contributed by atoms with Crippen molar-refractivity contribution in [2.45, 2.75) is 26.0 Å². The lowest BCUT2D eigenvalue weighted by atomic mass is 10.0. The molecule has 0 radical (unpaired) electrons. The van der Waals surface area contributed by atoms with Gasteiger partial charge in [0, 0.05) is 31.9 Å². The van der Waals surface area contributed by atoms with Crippen molar-refractivity contribution in [3.63, 3.8) is 0 Å². The van der Waals surface area contributed by atoms with Gasteiger partial charge in [0.05, 0.1) is 12.1 Å². The van der Waals surface area contributed by atoms with Gasteiger partial charge in [-0.15, -0.1) is 0 Å². The number of benzene rings is 2. The molecule has 0 unspecified atom stereocenters. The minimum atomic E-state index is -0.0807. The average molecular weight is 370 g/mol. The highest BCUT2D eigenvalue weighted by Gasteiger charge is 2.16. The zero-order valence-electron chi connectivity index (χ0n) is 17.2. The zero-order chi connectivity index (χ0) is 20.0. The summed E-state index contributed by atoms with van der Waals surface area (Å²) in [5.74, 6) is 0.691. The number of anilines is 1. The number of likely N-dealkylation sites (N-methyl/N-ethyl adjacent to an activating group) is 1. The van der Waals surface area contributed by atoms with E-state index in [1.165, 1.54) is 5.56 Å². The molecule has 2 aromatic carbocycles. The molecule has 1 N–H and O–H groups in total. The van der Waals surface area contributed by atoms with E-state index in [0.717, 1.165) is 11.4 Å². The van der Waals surface area contributed by atoms with Crippen LogP contribution in [0.1, 0.15) is 35.8 Å². The summed E-state index contributed by atoms with van der Waals surface area (Å²) in [5, 5.41) is 3.04. The molecule has 5 nitrogen and oxygen atoms in total. The highest BCUT2D eigenvalue weighted by atomic mass is 16.5. The van der Waals surface area contributed by atoms with Gasteiger partial charge in [0.25, 0.3) is 5.91 Å². The van der Waals surface area contributed by atoms with Crippen molar-refractivity contribution in [1.29, 1.82) is 0 Å². The fourth-order valence-corrected chi connectivity index (χ4v) is 2.84. The van der Waals surface area contributed by atoms with Gasteiger partial charge in [-0.25, -0.2) is 0 Å². The van der Waals surface area contributed by atoms with E-state index in [4.69, 9.17) is 4.74 Å². The number of nitrogens with zero attached hydrogens (tertiary/aromatic N) is 2. The van der Waals surface area contributed by atoms with Gasteiger partial charge in [0.15, 0.2) is 0 Å². The minimum Gasteiger partial charge on any atom is -0.491 e. The molecule has 2 aromatic rings. The quantitative estimate of drug-likeness (QED) is 0.773. The molecule has 0 saturated heterocycles. The molecule has 0 spiro atoms. The molecule has 1 amide bonds. The van der Waals surface area contributed by atoms with E-state index in [1.807, 2.05) is 54.2 Å². The molecule has 146 valence electrons. The zero-order valence-corrected chi connectivity index (χ0v) is 17.2. The Labute approximate surface area is 162 Å². The molecule has 0 bridgehead atoms. The lowest BCUT2D eigenvalue weighted by molar-refractivity contribution is 0.0942. The summed E-state index contributed by atoms with van der Waals surface area (Å²) in [4.78, 5) is 16.7. The van der Waals surface area contributed by atoms with Crippen LogP contribution in [0.25, 0.3) is 0 Å².